The second-order valence-electron chi connectivity index (χ2n) is 18.8. The summed E-state index contributed by atoms with van der Waals surface area (Å²) in [7, 11) is 0. The summed E-state index contributed by atoms with van der Waals surface area (Å²) in [5.74, 6) is -0.0458. The number of aryl methyl sites for hydroxylation is 4. The summed E-state index contributed by atoms with van der Waals surface area (Å²) in [5, 5.41) is 6.19. The largest absolute Gasteiger partial charge is 0.444 e. The number of hydrogen-bond donors (Lipinski definition) is 4. The summed E-state index contributed by atoms with van der Waals surface area (Å²) in [5.41, 5.74) is 24.8. The molecule has 296 valence electrons. The second-order valence-corrected chi connectivity index (χ2v) is 18.8. The van der Waals surface area contributed by atoms with E-state index in [1.54, 1.807) is 4.90 Å². The van der Waals surface area contributed by atoms with Gasteiger partial charge in [0.15, 0.2) is 0 Å². The van der Waals surface area contributed by atoms with Crippen LogP contribution in [0.4, 0.5) is 27.5 Å². The lowest BCUT2D eigenvalue weighted by Gasteiger charge is -2.28. The van der Waals surface area contributed by atoms with Gasteiger partial charge in [-0.1, -0.05) is 48.5 Å². The Hall–Kier alpha value is -5.31. The number of anilines is 4. The van der Waals surface area contributed by atoms with Crippen LogP contribution in [0.5, 0.6) is 0 Å². The van der Waals surface area contributed by atoms with Crippen molar-refractivity contribution in [3.63, 3.8) is 0 Å². The summed E-state index contributed by atoms with van der Waals surface area (Å²) >= 11 is 0. The lowest BCUT2D eigenvalue weighted by Crippen LogP contribution is -2.45. The smallest absolute Gasteiger partial charge is 0.410 e. The van der Waals surface area contributed by atoms with Crippen molar-refractivity contribution < 1.29 is 19.1 Å². The fraction of sp³-hybridized carbons (Fsp3) is 0.438. The molecule has 4 bridgehead atoms. The molecule has 12 rings (SSSR count). The summed E-state index contributed by atoms with van der Waals surface area (Å²) in [6.07, 6.45) is 11.3. The molecular formula is C48H55N5O4. The summed E-state index contributed by atoms with van der Waals surface area (Å²) in [6.45, 7) is 6.07. The minimum Gasteiger partial charge on any atom is -0.444 e. The Balaban J connectivity index is 0.902. The lowest BCUT2D eigenvalue weighted by atomic mass is 9.87. The summed E-state index contributed by atoms with van der Waals surface area (Å²) in [4.78, 5) is 41.5. The van der Waals surface area contributed by atoms with Crippen LogP contribution in [0.2, 0.25) is 0 Å². The lowest BCUT2D eigenvalue weighted by molar-refractivity contribution is -0.120. The highest BCUT2D eigenvalue weighted by molar-refractivity contribution is 6.00. The molecule has 4 aromatic rings. The van der Waals surface area contributed by atoms with Crippen LogP contribution in [0.15, 0.2) is 72.8 Å². The number of carbonyl (C=O) groups excluding carboxylic acids is 3. The van der Waals surface area contributed by atoms with Gasteiger partial charge in [-0.3, -0.25) is 14.5 Å². The van der Waals surface area contributed by atoms with E-state index >= 15 is 0 Å². The Kier molecular flexibility index (Phi) is 9.13. The highest BCUT2D eigenvalue weighted by atomic mass is 16.6. The molecule has 57 heavy (non-hydrogen) atoms. The van der Waals surface area contributed by atoms with Gasteiger partial charge in [-0.25, -0.2) is 4.79 Å². The first-order valence-electron chi connectivity index (χ1n) is 20.9. The minimum atomic E-state index is -0.643. The van der Waals surface area contributed by atoms with E-state index in [4.69, 9.17) is 16.2 Å². The number of benzene rings is 4. The van der Waals surface area contributed by atoms with Crippen LogP contribution >= 0.6 is 0 Å². The highest BCUT2D eigenvalue weighted by Crippen LogP contribution is 2.59. The molecule has 4 aromatic carbocycles. The van der Waals surface area contributed by atoms with E-state index in [2.05, 4.69) is 53.1 Å². The number of rotatable bonds is 6. The first-order chi connectivity index (χ1) is 27.2. The molecule has 3 saturated carbocycles. The molecule has 1 saturated heterocycles. The Morgan fingerprint density at radius 2 is 1.21 bits per heavy atom. The van der Waals surface area contributed by atoms with Gasteiger partial charge in [0.1, 0.15) is 11.6 Å². The van der Waals surface area contributed by atoms with Crippen molar-refractivity contribution >= 4 is 40.7 Å². The fourth-order valence-electron chi connectivity index (χ4n) is 9.63. The normalized spacial score (nSPS) is 21.3. The fourth-order valence-corrected chi connectivity index (χ4v) is 9.63. The maximum absolute atomic E-state index is 13.7. The zero-order valence-electron chi connectivity index (χ0n) is 33.5. The van der Waals surface area contributed by atoms with Crippen molar-refractivity contribution in [2.75, 3.05) is 28.6 Å². The number of nitrogens with one attached hydrogen (secondary N) is 2. The molecule has 3 amide bonds. The van der Waals surface area contributed by atoms with Crippen LogP contribution in [0.1, 0.15) is 94.4 Å². The molecule has 2 atom stereocenters. The number of nitrogens with two attached hydrogens (primary N) is 2. The molecule has 9 nitrogen and oxygen atoms in total. The predicted octanol–water partition coefficient (Wildman–Crippen LogP) is 9.32. The highest BCUT2D eigenvalue weighted by Gasteiger charge is 2.56. The van der Waals surface area contributed by atoms with Crippen LogP contribution < -0.4 is 22.1 Å². The van der Waals surface area contributed by atoms with E-state index in [0.717, 1.165) is 68.1 Å². The molecule has 7 aliphatic carbocycles. The van der Waals surface area contributed by atoms with Gasteiger partial charge in [-0.2, -0.15) is 0 Å². The molecule has 4 fully saturated rings. The number of carbonyl (C=O) groups is 3. The van der Waals surface area contributed by atoms with Crippen LogP contribution in [-0.2, 0) is 40.0 Å². The number of ether oxygens (including phenoxy) is 1. The molecule has 9 heteroatoms. The molecule has 1 aliphatic heterocycles. The molecule has 1 heterocycles. The molecule has 1 unspecified atom stereocenters. The van der Waals surface area contributed by atoms with Crippen molar-refractivity contribution in [1.29, 1.82) is 0 Å². The van der Waals surface area contributed by atoms with Gasteiger partial charge in [0.25, 0.3) is 0 Å². The van der Waals surface area contributed by atoms with E-state index in [-0.39, 0.29) is 23.1 Å². The van der Waals surface area contributed by atoms with Gasteiger partial charge in [0.05, 0.1) is 22.7 Å². The maximum Gasteiger partial charge on any atom is 0.410 e. The molecule has 2 spiro atoms. The number of amides is 3. The third-order valence-electron chi connectivity index (χ3n) is 13.4. The molecular weight excluding hydrogens is 711 g/mol. The van der Waals surface area contributed by atoms with Crippen LogP contribution in [-0.4, -0.2) is 41.0 Å². The van der Waals surface area contributed by atoms with Crippen molar-refractivity contribution in [3.8, 4) is 22.3 Å². The van der Waals surface area contributed by atoms with E-state index in [1.165, 1.54) is 47.1 Å². The van der Waals surface area contributed by atoms with E-state index in [9.17, 15) is 14.4 Å². The Morgan fingerprint density at radius 1 is 0.667 bits per heavy atom. The summed E-state index contributed by atoms with van der Waals surface area (Å²) in [6, 6.07) is 24.9. The van der Waals surface area contributed by atoms with Gasteiger partial charge in [-0.15, -0.1) is 0 Å². The van der Waals surface area contributed by atoms with Crippen LogP contribution in [0, 0.1) is 16.7 Å². The van der Waals surface area contributed by atoms with Gasteiger partial charge in [0.2, 0.25) is 11.8 Å². The van der Waals surface area contributed by atoms with E-state index < -0.39 is 17.7 Å². The minimum absolute atomic E-state index is 0.0210. The topological polar surface area (TPSA) is 140 Å². The predicted molar refractivity (Wildman–Crippen MR) is 227 cm³/mol. The number of hydrogen-bond acceptors (Lipinski definition) is 6. The quantitative estimate of drug-likeness (QED) is 0.144. The van der Waals surface area contributed by atoms with Crippen molar-refractivity contribution in [3.05, 3.63) is 95.1 Å². The third kappa shape index (κ3) is 7.73. The molecule has 6 N–H and O–H groups in total. The van der Waals surface area contributed by atoms with Crippen molar-refractivity contribution in [2.45, 2.75) is 109 Å². The average Bonchev–Trinajstić information content (AvgIpc) is 4.02. The van der Waals surface area contributed by atoms with Crippen LogP contribution in [0.25, 0.3) is 22.3 Å². The standard InChI is InChI=1S/C48H55N5O4/c1-46(2,3)57-45(56)53-28-48(20-21-48)27-42(53)44(55)52-41-15-13-34(25-39(41)50)37-23-30-5-9-31-8-4-29(6-10-32(37)11-7-30)22-36(31)33-12-14-40(38(49)24-33)51-43(54)35-16-17-47(26-35)18-19-47/h4,7-8,11-15,22-25,35,42H,5-6,9-10,16-21,26-28,49-50H2,1-3H3,(H,51,54)(H,52,55)/t35?,42-/m0/s1. The number of nitrogens with zero attached hydrogens (tertiary/aromatic N) is 1. The Morgan fingerprint density at radius 3 is 1.70 bits per heavy atom. The van der Waals surface area contributed by atoms with Crippen LogP contribution in [0.3, 0.4) is 0 Å². The number of likely N-dealkylation sites (tertiary alicyclic amines) is 1. The van der Waals surface area contributed by atoms with Gasteiger partial charge >= 0.3 is 6.09 Å². The zero-order valence-corrected chi connectivity index (χ0v) is 33.5. The first kappa shape index (κ1) is 37.3. The molecule has 0 radical (unpaired) electrons. The van der Waals surface area contributed by atoms with Crippen molar-refractivity contribution in [1.82, 2.24) is 4.90 Å². The van der Waals surface area contributed by atoms with E-state index in [1.807, 2.05) is 51.1 Å². The molecule has 0 aromatic heterocycles. The zero-order chi connectivity index (χ0) is 39.7. The Labute approximate surface area is 335 Å². The monoisotopic (exact) mass is 765 g/mol. The Bertz CT molecular complexity index is 2280. The van der Waals surface area contributed by atoms with Crippen molar-refractivity contribution in [2.24, 2.45) is 16.7 Å². The summed E-state index contributed by atoms with van der Waals surface area (Å²) < 4.78 is 5.67. The van der Waals surface area contributed by atoms with Gasteiger partial charge in [0, 0.05) is 12.5 Å². The van der Waals surface area contributed by atoms with Gasteiger partial charge in [-0.05, 0) is 177 Å². The second kappa shape index (κ2) is 14.0. The average molecular weight is 766 g/mol. The number of nitrogen functional groups attached to an aromatic ring is 2. The first-order valence-corrected chi connectivity index (χ1v) is 20.9. The maximum atomic E-state index is 13.7. The molecule has 8 aliphatic rings. The van der Waals surface area contributed by atoms with Gasteiger partial charge < -0.3 is 26.8 Å². The third-order valence-corrected chi connectivity index (χ3v) is 13.4. The SMILES string of the molecule is CC(C)(C)OC(=O)N1CC2(CC2)C[C@H]1C(=O)Nc1ccc(-c2cc3ccc2CCc2ccc(c(-c4ccc(NC(=O)C5CCC6(CC6)C5)c(N)c4)c2)CC3)cc1N. The van der Waals surface area contributed by atoms with E-state index in [0.29, 0.717) is 41.1 Å².